The van der Waals surface area contributed by atoms with E-state index < -0.39 is 0 Å². The Morgan fingerprint density at radius 2 is 1.57 bits per heavy atom. The standard InChI is InChI=1S/C20H15FNO/c21-20-11-9-16(10-12-20)14-22-23-15-17-5-4-8-19(13-17)18-6-2-1-3-7-18/h1-13H,15H2. The minimum Gasteiger partial charge on any atom is -0.390 e. The van der Waals surface area contributed by atoms with Gasteiger partial charge >= 0.3 is 0 Å². The molecule has 0 heterocycles. The Bertz CT molecular complexity index is 782. The Morgan fingerprint density at radius 3 is 2.35 bits per heavy atom. The van der Waals surface area contributed by atoms with Gasteiger partial charge in [-0.2, -0.15) is 0 Å². The topological polar surface area (TPSA) is 21.6 Å². The van der Waals surface area contributed by atoms with E-state index in [1.54, 1.807) is 12.1 Å². The molecule has 0 saturated heterocycles. The van der Waals surface area contributed by atoms with Crippen LogP contribution in [0, 0.1) is 5.82 Å². The SMILES string of the molecule is Fc1ccc(/[C]=N\OCc2cccc(-c3ccccc3)c2)cc1. The number of rotatable bonds is 5. The van der Waals surface area contributed by atoms with Gasteiger partial charge in [-0.15, -0.1) is 0 Å². The highest BCUT2D eigenvalue weighted by atomic mass is 19.1. The van der Waals surface area contributed by atoms with Crippen LogP contribution in [0.3, 0.4) is 0 Å². The zero-order chi connectivity index (χ0) is 15.9. The average molecular weight is 304 g/mol. The first-order valence-electron chi connectivity index (χ1n) is 7.29. The second-order valence-corrected chi connectivity index (χ2v) is 5.05. The van der Waals surface area contributed by atoms with Crippen LogP contribution in [-0.4, -0.2) is 6.21 Å². The summed E-state index contributed by atoms with van der Waals surface area (Å²) < 4.78 is 12.8. The molecule has 0 aliphatic heterocycles. The fourth-order valence-electron chi connectivity index (χ4n) is 2.19. The van der Waals surface area contributed by atoms with Crippen LogP contribution >= 0.6 is 0 Å². The second kappa shape index (κ2) is 7.36. The van der Waals surface area contributed by atoms with Crippen LogP contribution in [0.25, 0.3) is 11.1 Å². The van der Waals surface area contributed by atoms with Crippen molar-refractivity contribution in [3.8, 4) is 11.1 Å². The third kappa shape index (κ3) is 4.27. The molecule has 0 aliphatic carbocycles. The van der Waals surface area contributed by atoms with Crippen molar-refractivity contribution in [3.05, 3.63) is 95.8 Å². The molecule has 0 unspecified atom stereocenters. The molecule has 0 atom stereocenters. The maximum Gasteiger partial charge on any atom is 0.142 e. The molecule has 0 saturated carbocycles. The Morgan fingerprint density at radius 1 is 0.826 bits per heavy atom. The number of hydrogen-bond acceptors (Lipinski definition) is 2. The lowest BCUT2D eigenvalue weighted by atomic mass is 10.0. The first-order chi connectivity index (χ1) is 11.3. The summed E-state index contributed by atoms with van der Waals surface area (Å²) in [6.07, 6.45) is 2.72. The normalized spacial score (nSPS) is 10.8. The molecule has 0 amide bonds. The van der Waals surface area contributed by atoms with Gasteiger partial charge in [-0.25, -0.2) is 4.39 Å². The third-order valence-corrected chi connectivity index (χ3v) is 3.35. The van der Waals surface area contributed by atoms with E-state index in [1.807, 2.05) is 30.3 Å². The van der Waals surface area contributed by atoms with E-state index in [1.165, 1.54) is 12.1 Å². The monoisotopic (exact) mass is 304 g/mol. The van der Waals surface area contributed by atoms with E-state index in [9.17, 15) is 4.39 Å². The summed E-state index contributed by atoms with van der Waals surface area (Å²) in [6.45, 7) is 0.356. The van der Waals surface area contributed by atoms with Crippen molar-refractivity contribution in [3.63, 3.8) is 0 Å². The van der Waals surface area contributed by atoms with Gasteiger partial charge < -0.3 is 4.84 Å². The van der Waals surface area contributed by atoms with Crippen molar-refractivity contribution >= 4 is 6.21 Å². The zero-order valence-corrected chi connectivity index (χ0v) is 12.4. The average Bonchev–Trinajstić information content (AvgIpc) is 2.61. The summed E-state index contributed by atoms with van der Waals surface area (Å²) in [5.41, 5.74) is 3.99. The molecular formula is C20H15FNO. The van der Waals surface area contributed by atoms with Gasteiger partial charge in [0.25, 0.3) is 0 Å². The maximum atomic E-state index is 12.8. The van der Waals surface area contributed by atoms with E-state index in [2.05, 4.69) is 35.6 Å². The van der Waals surface area contributed by atoms with Crippen LogP contribution in [0.15, 0.2) is 84.0 Å². The summed E-state index contributed by atoms with van der Waals surface area (Å²) in [5.74, 6) is -0.283. The molecule has 2 nitrogen and oxygen atoms in total. The fraction of sp³-hybridized carbons (Fsp3) is 0.0500. The van der Waals surface area contributed by atoms with Gasteiger partial charge in [0.15, 0.2) is 0 Å². The predicted molar refractivity (Wildman–Crippen MR) is 89.6 cm³/mol. The van der Waals surface area contributed by atoms with Crippen molar-refractivity contribution in [2.45, 2.75) is 6.61 Å². The molecule has 1 radical (unpaired) electrons. The highest BCUT2D eigenvalue weighted by Crippen LogP contribution is 2.20. The molecular weight excluding hydrogens is 289 g/mol. The van der Waals surface area contributed by atoms with Crippen molar-refractivity contribution in [2.75, 3.05) is 0 Å². The van der Waals surface area contributed by atoms with Crippen molar-refractivity contribution < 1.29 is 9.23 Å². The predicted octanol–water partition coefficient (Wildman–Crippen LogP) is 4.92. The van der Waals surface area contributed by atoms with Gasteiger partial charge in [-0.3, -0.25) is 0 Å². The first kappa shape index (κ1) is 15.0. The number of halogens is 1. The van der Waals surface area contributed by atoms with E-state index >= 15 is 0 Å². The van der Waals surface area contributed by atoms with Crippen LogP contribution in [-0.2, 0) is 11.4 Å². The lowest BCUT2D eigenvalue weighted by molar-refractivity contribution is 0.132. The maximum absolute atomic E-state index is 12.8. The van der Waals surface area contributed by atoms with Crippen molar-refractivity contribution in [1.29, 1.82) is 0 Å². The van der Waals surface area contributed by atoms with E-state index in [0.717, 1.165) is 16.7 Å². The number of benzene rings is 3. The third-order valence-electron chi connectivity index (χ3n) is 3.35. The van der Waals surface area contributed by atoms with Crippen LogP contribution in [0.4, 0.5) is 4.39 Å². The van der Waals surface area contributed by atoms with Crippen molar-refractivity contribution in [2.24, 2.45) is 5.16 Å². The van der Waals surface area contributed by atoms with Gasteiger partial charge in [-0.1, -0.05) is 53.7 Å². The smallest absolute Gasteiger partial charge is 0.142 e. The molecule has 3 aromatic carbocycles. The van der Waals surface area contributed by atoms with Crippen LogP contribution in [0.1, 0.15) is 11.1 Å². The molecule has 0 fully saturated rings. The lowest BCUT2D eigenvalue weighted by Crippen LogP contribution is -1.89. The molecule has 0 spiro atoms. The number of nitrogens with zero attached hydrogens (tertiary/aromatic N) is 1. The highest BCUT2D eigenvalue weighted by Gasteiger charge is 1.99. The molecule has 23 heavy (non-hydrogen) atoms. The van der Waals surface area contributed by atoms with Gasteiger partial charge in [0.05, 0.1) is 0 Å². The minimum absolute atomic E-state index is 0.283. The highest BCUT2D eigenvalue weighted by molar-refractivity contribution is 5.78. The van der Waals surface area contributed by atoms with Crippen molar-refractivity contribution in [1.82, 2.24) is 0 Å². The van der Waals surface area contributed by atoms with Crippen LogP contribution in [0.5, 0.6) is 0 Å². The number of hydrogen-bond donors (Lipinski definition) is 0. The van der Waals surface area contributed by atoms with E-state index in [4.69, 9.17) is 4.84 Å². The summed E-state index contributed by atoms with van der Waals surface area (Å²) in [7, 11) is 0. The Kier molecular flexibility index (Phi) is 4.79. The van der Waals surface area contributed by atoms with E-state index in [0.29, 0.717) is 12.2 Å². The molecule has 3 heteroatoms. The Labute approximate surface area is 134 Å². The largest absolute Gasteiger partial charge is 0.390 e. The Balaban J connectivity index is 1.61. The fourth-order valence-corrected chi connectivity index (χ4v) is 2.19. The zero-order valence-electron chi connectivity index (χ0n) is 12.4. The second-order valence-electron chi connectivity index (χ2n) is 5.05. The quantitative estimate of drug-likeness (QED) is 0.484. The molecule has 0 bridgehead atoms. The lowest BCUT2D eigenvalue weighted by Gasteiger charge is -2.04. The summed E-state index contributed by atoms with van der Waals surface area (Å²) in [4.78, 5) is 5.26. The molecule has 113 valence electrons. The van der Waals surface area contributed by atoms with Gasteiger partial charge in [0.2, 0.25) is 0 Å². The van der Waals surface area contributed by atoms with Gasteiger partial charge in [-0.05, 0) is 47.0 Å². The van der Waals surface area contributed by atoms with Crippen LogP contribution in [0.2, 0.25) is 0 Å². The van der Waals surface area contributed by atoms with Gasteiger partial charge in [0.1, 0.15) is 18.6 Å². The minimum atomic E-state index is -0.283. The first-order valence-corrected chi connectivity index (χ1v) is 7.29. The molecule has 0 aliphatic rings. The van der Waals surface area contributed by atoms with E-state index in [-0.39, 0.29) is 5.82 Å². The molecule has 0 aromatic heterocycles. The molecule has 0 N–H and O–H groups in total. The van der Waals surface area contributed by atoms with Gasteiger partial charge in [0, 0.05) is 5.56 Å². The van der Waals surface area contributed by atoms with Crippen LogP contribution < -0.4 is 0 Å². The molecule has 3 aromatic rings. The Hall–Kier alpha value is -2.94. The molecule has 3 rings (SSSR count). The summed E-state index contributed by atoms with van der Waals surface area (Å²) in [6, 6.07) is 24.2. The summed E-state index contributed by atoms with van der Waals surface area (Å²) in [5, 5.41) is 3.80. The summed E-state index contributed by atoms with van der Waals surface area (Å²) >= 11 is 0.